The molecule has 1 rings (SSSR count). The highest BCUT2D eigenvalue weighted by atomic mass is 79.9. The van der Waals surface area contributed by atoms with Gasteiger partial charge in [-0.05, 0) is 26.0 Å². The number of ether oxygens (including phenoxy) is 3. The molecular formula is C14H17BrO5. The first kappa shape index (κ1) is 16.5. The van der Waals surface area contributed by atoms with E-state index in [1.165, 1.54) is 21.3 Å². The molecule has 0 fully saturated rings. The molecule has 0 aliphatic carbocycles. The minimum absolute atomic E-state index is 0.247. The third-order valence-corrected chi connectivity index (χ3v) is 3.49. The van der Waals surface area contributed by atoms with Gasteiger partial charge in [-0.25, -0.2) is 4.79 Å². The minimum atomic E-state index is -0.966. The molecule has 0 heterocycles. The molecule has 0 radical (unpaired) electrons. The number of esters is 2. The summed E-state index contributed by atoms with van der Waals surface area (Å²) in [7, 11) is 4.04. The molecule has 0 aliphatic rings. The number of halogens is 1. The van der Waals surface area contributed by atoms with E-state index in [-0.39, 0.29) is 5.56 Å². The Morgan fingerprint density at radius 3 is 2.15 bits per heavy atom. The van der Waals surface area contributed by atoms with Gasteiger partial charge in [0.1, 0.15) is 11.3 Å². The maximum Gasteiger partial charge on any atom is 0.341 e. The van der Waals surface area contributed by atoms with Gasteiger partial charge in [-0.2, -0.15) is 0 Å². The Kier molecular flexibility index (Phi) is 5.16. The fourth-order valence-electron chi connectivity index (χ4n) is 1.90. The van der Waals surface area contributed by atoms with Crippen molar-refractivity contribution in [3.05, 3.63) is 27.7 Å². The second-order valence-electron chi connectivity index (χ2n) is 4.64. The lowest BCUT2D eigenvalue weighted by Crippen LogP contribution is -2.31. The summed E-state index contributed by atoms with van der Waals surface area (Å²) in [6.45, 7) is 3.40. The van der Waals surface area contributed by atoms with Crippen LogP contribution < -0.4 is 4.74 Å². The van der Waals surface area contributed by atoms with Gasteiger partial charge in [0.15, 0.2) is 0 Å². The van der Waals surface area contributed by atoms with E-state index in [0.717, 1.165) is 0 Å². The number of rotatable bonds is 4. The summed E-state index contributed by atoms with van der Waals surface area (Å²) >= 11 is 3.32. The first-order valence-electron chi connectivity index (χ1n) is 5.84. The zero-order valence-corrected chi connectivity index (χ0v) is 13.7. The van der Waals surface area contributed by atoms with Crippen molar-refractivity contribution in [2.45, 2.75) is 19.3 Å². The highest BCUT2D eigenvalue weighted by molar-refractivity contribution is 9.10. The van der Waals surface area contributed by atoms with Gasteiger partial charge in [0.25, 0.3) is 0 Å². The van der Waals surface area contributed by atoms with Crippen LogP contribution in [0.5, 0.6) is 5.75 Å². The summed E-state index contributed by atoms with van der Waals surface area (Å²) in [5.74, 6) is -0.662. The average molecular weight is 345 g/mol. The van der Waals surface area contributed by atoms with Crippen LogP contribution in [-0.4, -0.2) is 33.3 Å². The summed E-state index contributed by atoms with van der Waals surface area (Å²) in [4.78, 5) is 23.8. The largest absolute Gasteiger partial charge is 0.496 e. The first-order valence-corrected chi connectivity index (χ1v) is 6.63. The van der Waals surface area contributed by atoms with Crippen molar-refractivity contribution >= 4 is 27.9 Å². The highest BCUT2D eigenvalue weighted by Crippen LogP contribution is 2.38. The Balaban J connectivity index is 3.58. The molecule has 6 heteroatoms. The van der Waals surface area contributed by atoms with Crippen molar-refractivity contribution in [3.8, 4) is 5.75 Å². The third-order valence-electron chi connectivity index (χ3n) is 3.03. The Hall–Kier alpha value is -1.56. The van der Waals surface area contributed by atoms with E-state index in [0.29, 0.717) is 15.8 Å². The van der Waals surface area contributed by atoms with Crippen LogP contribution in [0.25, 0.3) is 0 Å². The molecule has 110 valence electrons. The van der Waals surface area contributed by atoms with Crippen molar-refractivity contribution in [1.82, 2.24) is 0 Å². The van der Waals surface area contributed by atoms with E-state index < -0.39 is 17.4 Å². The molecule has 0 spiro atoms. The van der Waals surface area contributed by atoms with E-state index >= 15 is 0 Å². The second kappa shape index (κ2) is 6.26. The van der Waals surface area contributed by atoms with Crippen molar-refractivity contribution < 1.29 is 23.8 Å². The van der Waals surface area contributed by atoms with Crippen LogP contribution in [0.2, 0.25) is 0 Å². The Labute approximate surface area is 126 Å². The number of hydrogen-bond donors (Lipinski definition) is 0. The molecule has 0 unspecified atom stereocenters. The monoisotopic (exact) mass is 344 g/mol. The van der Waals surface area contributed by atoms with Crippen LogP contribution >= 0.6 is 15.9 Å². The number of carbonyl (C=O) groups is 2. The topological polar surface area (TPSA) is 61.8 Å². The zero-order chi connectivity index (χ0) is 15.5. The van der Waals surface area contributed by atoms with Crippen LogP contribution in [0.1, 0.15) is 29.8 Å². The lowest BCUT2D eigenvalue weighted by atomic mass is 9.83. The third kappa shape index (κ3) is 2.95. The second-order valence-corrected chi connectivity index (χ2v) is 5.56. The van der Waals surface area contributed by atoms with Crippen LogP contribution in [-0.2, 0) is 19.7 Å². The predicted molar refractivity (Wildman–Crippen MR) is 77.1 cm³/mol. The summed E-state index contributed by atoms with van der Waals surface area (Å²) in [5, 5.41) is 0. The van der Waals surface area contributed by atoms with Crippen molar-refractivity contribution in [2.75, 3.05) is 21.3 Å². The molecular weight excluding hydrogens is 328 g/mol. The van der Waals surface area contributed by atoms with Gasteiger partial charge in [-0.1, -0.05) is 15.9 Å². The van der Waals surface area contributed by atoms with Gasteiger partial charge in [-0.15, -0.1) is 0 Å². The van der Waals surface area contributed by atoms with Crippen LogP contribution in [0.4, 0.5) is 0 Å². The molecule has 0 saturated heterocycles. The Morgan fingerprint density at radius 2 is 1.70 bits per heavy atom. The van der Waals surface area contributed by atoms with Gasteiger partial charge in [0.2, 0.25) is 0 Å². The van der Waals surface area contributed by atoms with Gasteiger partial charge in [-0.3, -0.25) is 4.79 Å². The van der Waals surface area contributed by atoms with Crippen molar-refractivity contribution in [2.24, 2.45) is 0 Å². The van der Waals surface area contributed by atoms with Gasteiger partial charge in [0, 0.05) is 10.0 Å². The average Bonchev–Trinajstić information content (AvgIpc) is 2.44. The standard InChI is InChI=1S/C14H17BrO5/c1-14(2,13(17)20-5)10-7-8(15)6-9(11(10)18-3)12(16)19-4/h6-7H,1-5H3. The van der Waals surface area contributed by atoms with Gasteiger partial charge in [0.05, 0.1) is 26.7 Å². The van der Waals surface area contributed by atoms with E-state index in [1.54, 1.807) is 26.0 Å². The lowest BCUT2D eigenvalue weighted by molar-refractivity contribution is -0.146. The molecule has 1 aromatic rings. The molecule has 0 bridgehead atoms. The zero-order valence-electron chi connectivity index (χ0n) is 12.1. The SMILES string of the molecule is COC(=O)c1cc(Br)cc(C(C)(C)C(=O)OC)c1OC. The van der Waals surface area contributed by atoms with E-state index in [1.807, 2.05) is 0 Å². The summed E-state index contributed by atoms with van der Waals surface area (Å²) in [5.41, 5.74) is -0.176. The minimum Gasteiger partial charge on any atom is -0.496 e. The fraction of sp³-hybridized carbons (Fsp3) is 0.429. The molecule has 20 heavy (non-hydrogen) atoms. The van der Waals surface area contributed by atoms with Crippen molar-refractivity contribution in [1.29, 1.82) is 0 Å². The molecule has 0 amide bonds. The highest BCUT2D eigenvalue weighted by Gasteiger charge is 2.36. The number of methoxy groups -OCH3 is 3. The molecule has 5 nitrogen and oxygen atoms in total. The molecule has 0 aromatic heterocycles. The van der Waals surface area contributed by atoms with Crippen molar-refractivity contribution in [3.63, 3.8) is 0 Å². The summed E-state index contributed by atoms with van der Waals surface area (Å²) < 4.78 is 15.5. The van der Waals surface area contributed by atoms with Crippen LogP contribution in [0, 0.1) is 0 Å². The first-order chi connectivity index (χ1) is 9.29. The van der Waals surface area contributed by atoms with E-state index in [9.17, 15) is 9.59 Å². The molecule has 0 saturated carbocycles. The van der Waals surface area contributed by atoms with Gasteiger partial charge < -0.3 is 14.2 Å². The smallest absolute Gasteiger partial charge is 0.341 e. The number of benzene rings is 1. The Morgan fingerprint density at radius 1 is 1.10 bits per heavy atom. The van der Waals surface area contributed by atoms with Crippen LogP contribution in [0.3, 0.4) is 0 Å². The van der Waals surface area contributed by atoms with Gasteiger partial charge >= 0.3 is 11.9 Å². The molecule has 0 N–H and O–H groups in total. The maximum atomic E-state index is 12.0. The molecule has 1 aromatic carbocycles. The summed E-state index contributed by atoms with van der Waals surface area (Å²) in [6, 6.07) is 3.31. The van der Waals surface area contributed by atoms with Crippen LogP contribution in [0.15, 0.2) is 16.6 Å². The molecule has 0 aliphatic heterocycles. The predicted octanol–water partition coefficient (Wildman–Crippen LogP) is 2.69. The fourth-order valence-corrected chi connectivity index (χ4v) is 2.36. The summed E-state index contributed by atoms with van der Waals surface area (Å²) in [6.07, 6.45) is 0. The normalized spacial score (nSPS) is 10.9. The maximum absolute atomic E-state index is 12.0. The van der Waals surface area contributed by atoms with E-state index in [2.05, 4.69) is 15.9 Å². The number of hydrogen-bond acceptors (Lipinski definition) is 5. The quantitative estimate of drug-likeness (QED) is 0.786. The molecule has 0 atom stereocenters. The van der Waals surface area contributed by atoms with E-state index in [4.69, 9.17) is 14.2 Å². The lowest BCUT2D eigenvalue weighted by Gasteiger charge is -2.25. The Bertz CT molecular complexity index is 537. The number of carbonyl (C=O) groups excluding carboxylic acids is 2.